The number of rotatable bonds is 6. The number of benzene rings is 2. The molecule has 2 heterocycles. The van der Waals surface area contributed by atoms with Gasteiger partial charge in [0.25, 0.3) is 0 Å². The van der Waals surface area contributed by atoms with Gasteiger partial charge in [0.2, 0.25) is 11.8 Å². The summed E-state index contributed by atoms with van der Waals surface area (Å²) in [7, 11) is 0. The maximum absolute atomic E-state index is 13.7. The number of nitrogens with zero attached hydrogens (tertiary/aromatic N) is 1. The summed E-state index contributed by atoms with van der Waals surface area (Å²) in [6.45, 7) is 4.28. The number of carbonyl (C=O) groups excluding carboxylic acids is 2. The Morgan fingerprint density at radius 2 is 1.75 bits per heavy atom. The van der Waals surface area contributed by atoms with Crippen molar-refractivity contribution >= 4 is 11.8 Å². The molecule has 0 saturated carbocycles. The summed E-state index contributed by atoms with van der Waals surface area (Å²) >= 11 is 0. The molecule has 1 saturated heterocycles. The van der Waals surface area contributed by atoms with Crippen LogP contribution >= 0.6 is 0 Å². The van der Waals surface area contributed by atoms with Gasteiger partial charge in [-0.1, -0.05) is 18.2 Å². The molecule has 0 bridgehead atoms. The van der Waals surface area contributed by atoms with E-state index in [-0.39, 0.29) is 23.5 Å². The summed E-state index contributed by atoms with van der Waals surface area (Å²) in [5.74, 6) is 1.18. The van der Waals surface area contributed by atoms with Crippen molar-refractivity contribution in [3.05, 3.63) is 58.9 Å². The Morgan fingerprint density at radius 1 is 1.03 bits per heavy atom. The molecule has 6 nitrogen and oxygen atoms in total. The monoisotopic (exact) mass is 440 g/mol. The Kier molecular flexibility index (Phi) is 6.93. The van der Waals surface area contributed by atoms with E-state index in [0.29, 0.717) is 64.1 Å². The zero-order chi connectivity index (χ0) is 22.5. The van der Waals surface area contributed by atoms with Crippen LogP contribution in [0.15, 0.2) is 36.4 Å². The molecule has 0 spiro atoms. The Bertz CT molecular complexity index is 986. The average Bonchev–Trinajstić information content (AvgIpc) is 2.83. The highest BCUT2D eigenvalue weighted by atomic mass is 19.1. The summed E-state index contributed by atoms with van der Waals surface area (Å²) in [4.78, 5) is 27.0. The quantitative estimate of drug-likeness (QED) is 0.748. The molecule has 2 amide bonds. The van der Waals surface area contributed by atoms with Crippen LogP contribution in [0.25, 0.3) is 0 Å². The van der Waals surface area contributed by atoms with Crippen LogP contribution in [0, 0.1) is 18.7 Å². The van der Waals surface area contributed by atoms with Crippen LogP contribution in [0.1, 0.15) is 36.0 Å². The largest absolute Gasteiger partial charge is 0.486 e. The van der Waals surface area contributed by atoms with Crippen LogP contribution in [0.4, 0.5) is 4.39 Å². The first-order valence-corrected chi connectivity index (χ1v) is 11.2. The van der Waals surface area contributed by atoms with Crippen LogP contribution in [0.3, 0.4) is 0 Å². The van der Waals surface area contributed by atoms with Gasteiger partial charge in [0.15, 0.2) is 11.5 Å². The van der Waals surface area contributed by atoms with Gasteiger partial charge in [-0.3, -0.25) is 9.59 Å². The van der Waals surface area contributed by atoms with Gasteiger partial charge in [0.1, 0.15) is 19.0 Å². The summed E-state index contributed by atoms with van der Waals surface area (Å²) in [5.41, 5.74) is 2.38. The van der Waals surface area contributed by atoms with Crippen LogP contribution in [0.2, 0.25) is 0 Å². The highest BCUT2D eigenvalue weighted by Crippen LogP contribution is 2.31. The van der Waals surface area contributed by atoms with E-state index in [1.165, 1.54) is 6.07 Å². The predicted octanol–water partition coefficient (Wildman–Crippen LogP) is 3.39. The van der Waals surface area contributed by atoms with Crippen molar-refractivity contribution in [3.63, 3.8) is 0 Å². The molecule has 2 aliphatic heterocycles. The van der Waals surface area contributed by atoms with E-state index < -0.39 is 0 Å². The fraction of sp³-hybridized carbons (Fsp3) is 0.440. The van der Waals surface area contributed by atoms with Gasteiger partial charge in [0.05, 0.1) is 0 Å². The minimum Gasteiger partial charge on any atom is -0.486 e. The molecule has 7 heteroatoms. The smallest absolute Gasteiger partial charge is 0.223 e. The molecule has 0 aliphatic carbocycles. The topological polar surface area (TPSA) is 67.9 Å². The normalized spacial score (nSPS) is 16.0. The first-order valence-electron chi connectivity index (χ1n) is 11.2. The zero-order valence-electron chi connectivity index (χ0n) is 18.4. The second-order valence-electron chi connectivity index (χ2n) is 8.43. The molecule has 1 fully saturated rings. The number of aryl methyl sites for hydroxylation is 2. The molecule has 2 aromatic carbocycles. The van der Waals surface area contributed by atoms with E-state index in [1.807, 2.05) is 29.2 Å². The number of hydrogen-bond acceptors (Lipinski definition) is 4. The van der Waals surface area contributed by atoms with E-state index in [4.69, 9.17) is 9.47 Å². The average molecular weight is 441 g/mol. The Morgan fingerprint density at radius 3 is 2.50 bits per heavy atom. The van der Waals surface area contributed by atoms with E-state index in [1.54, 1.807) is 13.0 Å². The van der Waals surface area contributed by atoms with Crippen LogP contribution in [-0.2, 0) is 22.6 Å². The molecule has 4 rings (SSSR count). The van der Waals surface area contributed by atoms with Crippen molar-refractivity contribution in [1.29, 1.82) is 0 Å². The fourth-order valence-corrected chi connectivity index (χ4v) is 4.12. The van der Waals surface area contributed by atoms with Gasteiger partial charge < -0.3 is 19.7 Å². The number of carbonyl (C=O) groups is 2. The van der Waals surface area contributed by atoms with Gasteiger partial charge in [-0.15, -0.1) is 0 Å². The lowest BCUT2D eigenvalue weighted by molar-refractivity contribution is -0.135. The van der Waals surface area contributed by atoms with Gasteiger partial charge in [-0.25, -0.2) is 4.39 Å². The fourth-order valence-electron chi connectivity index (χ4n) is 4.12. The molecule has 0 unspecified atom stereocenters. The van der Waals surface area contributed by atoms with E-state index in [0.717, 1.165) is 22.6 Å². The van der Waals surface area contributed by atoms with Gasteiger partial charge >= 0.3 is 0 Å². The summed E-state index contributed by atoms with van der Waals surface area (Å²) in [6.07, 6.45) is 2.35. The van der Waals surface area contributed by atoms with Gasteiger partial charge in [-0.05, 0) is 61.1 Å². The van der Waals surface area contributed by atoms with Crippen molar-refractivity contribution in [2.75, 3.05) is 26.3 Å². The van der Waals surface area contributed by atoms with Crippen molar-refractivity contribution in [3.8, 4) is 11.5 Å². The molecule has 0 radical (unpaired) electrons. The number of piperidine rings is 1. The number of likely N-dealkylation sites (tertiary alicyclic amines) is 1. The highest BCUT2D eigenvalue weighted by molar-refractivity contribution is 5.80. The lowest BCUT2D eigenvalue weighted by Crippen LogP contribution is -2.43. The minimum atomic E-state index is -0.264. The standard InChI is InChI=1S/C25H29FN2O4/c1-17-2-3-19(14-21(17)26)16-27-25(30)20-8-10-28(11-9-20)24(29)7-5-18-4-6-22-23(15-18)32-13-12-31-22/h2-4,6,14-15,20H,5,7-13,16H2,1H3,(H,27,30). The van der Waals surface area contributed by atoms with Crippen molar-refractivity contribution in [2.45, 2.75) is 39.2 Å². The summed E-state index contributed by atoms with van der Waals surface area (Å²) in [5, 5.41) is 2.90. The molecule has 2 aliphatic rings. The third kappa shape index (κ3) is 5.39. The maximum Gasteiger partial charge on any atom is 0.223 e. The number of ether oxygens (including phenoxy) is 2. The van der Waals surface area contributed by atoms with E-state index in [9.17, 15) is 14.0 Å². The van der Waals surface area contributed by atoms with Crippen LogP contribution in [0.5, 0.6) is 11.5 Å². The molecule has 32 heavy (non-hydrogen) atoms. The molecule has 0 aromatic heterocycles. The van der Waals surface area contributed by atoms with Crippen LogP contribution < -0.4 is 14.8 Å². The Hall–Kier alpha value is -3.09. The molecule has 2 aromatic rings. The Labute approximate surface area is 187 Å². The van der Waals surface area contributed by atoms with Crippen molar-refractivity contribution in [2.24, 2.45) is 5.92 Å². The molecular weight excluding hydrogens is 411 g/mol. The minimum absolute atomic E-state index is 0.0330. The lowest BCUT2D eigenvalue weighted by Gasteiger charge is -2.31. The second-order valence-corrected chi connectivity index (χ2v) is 8.43. The number of hydrogen-bond donors (Lipinski definition) is 1. The number of amides is 2. The van der Waals surface area contributed by atoms with Gasteiger partial charge in [-0.2, -0.15) is 0 Å². The zero-order valence-corrected chi connectivity index (χ0v) is 18.4. The predicted molar refractivity (Wildman–Crippen MR) is 118 cm³/mol. The first-order chi connectivity index (χ1) is 15.5. The molecule has 0 atom stereocenters. The summed E-state index contributed by atoms with van der Waals surface area (Å²) in [6, 6.07) is 10.8. The van der Waals surface area contributed by atoms with Gasteiger partial charge in [0, 0.05) is 32.0 Å². The highest BCUT2D eigenvalue weighted by Gasteiger charge is 2.27. The number of fused-ring (bicyclic) bond motifs is 1. The van der Waals surface area contributed by atoms with Crippen molar-refractivity contribution in [1.82, 2.24) is 10.2 Å². The number of halogens is 1. The maximum atomic E-state index is 13.7. The van der Waals surface area contributed by atoms with Crippen molar-refractivity contribution < 1.29 is 23.5 Å². The van der Waals surface area contributed by atoms with Crippen LogP contribution in [-0.4, -0.2) is 43.0 Å². The second kappa shape index (κ2) is 10.0. The Balaban J connectivity index is 1.20. The third-order valence-corrected chi connectivity index (χ3v) is 6.16. The molecule has 170 valence electrons. The number of nitrogens with one attached hydrogen (secondary N) is 1. The molecule has 1 N–H and O–H groups in total. The SMILES string of the molecule is Cc1ccc(CNC(=O)C2CCN(C(=O)CCc3ccc4c(c3)OCCO4)CC2)cc1F. The summed E-state index contributed by atoms with van der Waals surface area (Å²) < 4.78 is 24.8. The van der Waals surface area contributed by atoms with E-state index in [2.05, 4.69) is 5.32 Å². The van der Waals surface area contributed by atoms with E-state index >= 15 is 0 Å². The third-order valence-electron chi connectivity index (χ3n) is 6.16. The first kappa shape index (κ1) is 22.1. The molecular formula is C25H29FN2O4. The lowest BCUT2D eigenvalue weighted by atomic mass is 9.95.